The number of piperazine rings is 1. The monoisotopic (exact) mass is 466 g/mol. The number of carbonyl (C=O) groups excluding carboxylic acids is 2. The maximum Gasteiger partial charge on any atom is 0.338 e. The van der Waals surface area contributed by atoms with Gasteiger partial charge in [-0.25, -0.2) is 14.0 Å². The van der Waals surface area contributed by atoms with Crippen LogP contribution in [0.5, 0.6) is 0 Å². The quantitative estimate of drug-likeness (QED) is 0.638. The van der Waals surface area contributed by atoms with E-state index in [1.165, 1.54) is 28.9 Å². The Labute approximate surface area is 199 Å². The van der Waals surface area contributed by atoms with E-state index in [0.29, 0.717) is 23.4 Å². The van der Waals surface area contributed by atoms with Crippen LogP contribution in [0.2, 0.25) is 0 Å². The van der Waals surface area contributed by atoms with Gasteiger partial charge in [0, 0.05) is 44.1 Å². The molecule has 1 unspecified atom stereocenters. The smallest absolute Gasteiger partial charge is 0.338 e. The Hall–Kier alpha value is -3.39. The average molecular weight is 467 g/mol. The maximum atomic E-state index is 13.9. The van der Waals surface area contributed by atoms with Crippen molar-refractivity contribution in [3.05, 3.63) is 76.2 Å². The van der Waals surface area contributed by atoms with Crippen molar-refractivity contribution >= 4 is 17.7 Å². The molecule has 0 spiro atoms. The second-order valence-corrected chi connectivity index (χ2v) is 8.75. The second-order valence-electron chi connectivity index (χ2n) is 8.75. The molecule has 0 bridgehead atoms. The number of rotatable bonds is 6. The van der Waals surface area contributed by atoms with Crippen LogP contribution in [0.25, 0.3) is 0 Å². The molecule has 4 rings (SSSR count). The van der Waals surface area contributed by atoms with Gasteiger partial charge in [0.25, 0.3) is 0 Å². The SMILES string of the molecule is CCOC(=O)C1=C(CN2CCN(c3cc(C)ccc3C)CC2)NC(=O)NC1c1cccc(F)c1. The number of ether oxygens (including phenoxy) is 1. The molecule has 1 fully saturated rings. The van der Waals surface area contributed by atoms with E-state index < -0.39 is 23.9 Å². The highest BCUT2D eigenvalue weighted by atomic mass is 19.1. The van der Waals surface area contributed by atoms with Crippen LogP contribution in [-0.4, -0.2) is 56.2 Å². The predicted octanol–water partition coefficient (Wildman–Crippen LogP) is 3.44. The van der Waals surface area contributed by atoms with Gasteiger partial charge in [0.1, 0.15) is 5.82 Å². The molecule has 2 aliphatic rings. The summed E-state index contributed by atoms with van der Waals surface area (Å²) in [6.07, 6.45) is 0. The van der Waals surface area contributed by atoms with Crippen molar-refractivity contribution in [1.29, 1.82) is 0 Å². The summed E-state index contributed by atoms with van der Waals surface area (Å²) >= 11 is 0. The number of anilines is 1. The van der Waals surface area contributed by atoms with Gasteiger partial charge in [-0.2, -0.15) is 0 Å². The summed E-state index contributed by atoms with van der Waals surface area (Å²) in [6.45, 7) is 9.78. The molecule has 8 heteroatoms. The van der Waals surface area contributed by atoms with Gasteiger partial charge in [0.15, 0.2) is 0 Å². The summed E-state index contributed by atoms with van der Waals surface area (Å²) in [7, 11) is 0. The van der Waals surface area contributed by atoms with Crippen molar-refractivity contribution in [3.8, 4) is 0 Å². The standard InChI is InChI=1S/C26H31FN4O3/c1-4-34-25(32)23-21(28-26(33)29-24(23)19-6-5-7-20(27)15-19)16-30-10-12-31(13-11-30)22-14-17(2)8-9-18(22)3/h5-9,14-15,24H,4,10-13,16H2,1-3H3,(H2,28,29,33). The summed E-state index contributed by atoms with van der Waals surface area (Å²) < 4.78 is 19.2. The van der Waals surface area contributed by atoms with Crippen molar-refractivity contribution in [2.75, 3.05) is 44.2 Å². The van der Waals surface area contributed by atoms with Crippen molar-refractivity contribution in [3.63, 3.8) is 0 Å². The lowest BCUT2D eigenvalue weighted by atomic mass is 9.94. The minimum absolute atomic E-state index is 0.202. The van der Waals surface area contributed by atoms with Crippen molar-refractivity contribution in [2.24, 2.45) is 0 Å². The molecule has 2 aromatic rings. The molecule has 2 aromatic carbocycles. The van der Waals surface area contributed by atoms with Crippen LogP contribution in [0.3, 0.4) is 0 Å². The van der Waals surface area contributed by atoms with Gasteiger partial charge in [0.2, 0.25) is 0 Å². The van der Waals surface area contributed by atoms with Gasteiger partial charge in [-0.05, 0) is 55.7 Å². The molecule has 7 nitrogen and oxygen atoms in total. The molecule has 180 valence electrons. The number of hydrogen-bond acceptors (Lipinski definition) is 5. The van der Waals surface area contributed by atoms with Crippen LogP contribution >= 0.6 is 0 Å². The molecule has 2 heterocycles. The van der Waals surface area contributed by atoms with Crippen LogP contribution < -0.4 is 15.5 Å². The van der Waals surface area contributed by atoms with E-state index >= 15 is 0 Å². The lowest BCUT2D eigenvalue weighted by molar-refractivity contribution is -0.139. The minimum Gasteiger partial charge on any atom is -0.463 e. The van der Waals surface area contributed by atoms with Gasteiger partial charge in [-0.1, -0.05) is 24.3 Å². The predicted molar refractivity (Wildman–Crippen MR) is 129 cm³/mol. The van der Waals surface area contributed by atoms with E-state index in [1.54, 1.807) is 19.1 Å². The average Bonchev–Trinajstić information content (AvgIpc) is 2.81. The third kappa shape index (κ3) is 5.22. The number of benzene rings is 2. The van der Waals surface area contributed by atoms with E-state index in [9.17, 15) is 14.0 Å². The third-order valence-electron chi connectivity index (χ3n) is 6.29. The van der Waals surface area contributed by atoms with Gasteiger partial charge in [-0.3, -0.25) is 4.90 Å². The molecule has 34 heavy (non-hydrogen) atoms. The molecule has 1 saturated heterocycles. The Morgan fingerprint density at radius 1 is 1.12 bits per heavy atom. The Bertz CT molecular complexity index is 1110. The molecule has 2 N–H and O–H groups in total. The fraction of sp³-hybridized carbons (Fsp3) is 0.385. The van der Waals surface area contributed by atoms with Crippen LogP contribution in [0.15, 0.2) is 53.7 Å². The summed E-state index contributed by atoms with van der Waals surface area (Å²) in [5, 5.41) is 5.56. The Kier molecular flexibility index (Phi) is 7.17. The van der Waals surface area contributed by atoms with Gasteiger partial charge >= 0.3 is 12.0 Å². The van der Waals surface area contributed by atoms with Crippen molar-refractivity contribution < 1.29 is 18.7 Å². The summed E-state index contributed by atoms with van der Waals surface area (Å²) in [6, 6.07) is 11.2. The summed E-state index contributed by atoms with van der Waals surface area (Å²) in [5.74, 6) is -0.953. The Balaban J connectivity index is 1.56. The Morgan fingerprint density at radius 3 is 2.59 bits per heavy atom. The first-order valence-corrected chi connectivity index (χ1v) is 11.6. The van der Waals surface area contributed by atoms with E-state index in [1.807, 2.05) is 0 Å². The first kappa shape index (κ1) is 23.8. The van der Waals surface area contributed by atoms with E-state index in [2.05, 4.69) is 52.5 Å². The number of esters is 1. The Morgan fingerprint density at radius 2 is 1.88 bits per heavy atom. The number of carbonyl (C=O) groups is 2. The number of nitrogens with one attached hydrogen (secondary N) is 2. The summed E-state index contributed by atoms with van der Waals surface area (Å²) in [5.41, 5.74) is 5.02. The molecule has 1 atom stereocenters. The van der Waals surface area contributed by atoms with Crippen molar-refractivity contribution in [1.82, 2.24) is 15.5 Å². The molecular formula is C26H31FN4O3. The lowest BCUT2D eigenvalue weighted by Gasteiger charge is -2.38. The number of urea groups is 1. The van der Waals surface area contributed by atoms with Gasteiger partial charge < -0.3 is 20.3 Å². The fourth-order valence-electron chi connectivity index (χ4n) is 4.56. The first-order chi connectivity index (χ1) is 16.4. The van der Waals surface area contributed by atoms with Crippen LogP contribution in [0.1, 0.15) is 29.7 Å². The fourth-order valence-corrected chi connectivity index (χ4v) is 4.56. The number of amides is 2. The van der Waals surface area contributed by atoms with Crippen LogP contribution in [0, 0.1) is 19.7 Å². The van der Waals surface area contributed by atoms with Crippen molar-refractivity contribution in [2.45, 2.75) is 26.8 Å². The third-order valence-corrected chi connectivity index (χ3v) is 6.29. The zero-order chi connectivity index (χ0) is 24.2. The normalized spacial score (nSPS) is 19.0. The molecule has 0 aliphatic carbocycles. The molecule has 0 radical (unpaired) electrons. The van der Waals surface area contributed by atoms with Crippen LogP contribution in [0.4, 0.5) is 14.9 Å². The number of halogens is 1. The molecule has 0 aromatic heterocycles. The van der Waals surface area contributed by atoms with Gasteiger partial charge in [-0.15, -0.1) is 0 Å². The zero-order valence-corrected chi connectivity index (χ0v) is 19.9. The minimum atomic E-state index is -0.783. The van der Waals surface area contributed by atoms with E-state index in [4.69, 9.17) is 4.74 Å². The van der Waals surface area contributed by atoms with Gasteiger partial charge in [0.05, 0.1) is 18.2 Å². The zero-order valence-electron chi connectivity index (χ0n) is 19.9. The highest BCUT2D eigenvalue weighted by Crippen LogP contribution is 2.29. The molecule has 2 amide bonds. The first-order valence-electron chi connectivity index (χ1n) is 11.6. The van der Waals surface area contributed by atoms with E-state index in [-0.39, 0.29) is 6.61 Å². The largest absolute Gasteiger partial charge is 0.463 e. The molecule has 0 saturated carbocycles. The number of hydrogen-bond donors (Lipinski definition) is 2. The molecular weight excluding hydrogens is 435 g/mol. The molecule has 2 aliphatic heterocycles. The summed E-state index contributed by atoms with van der Waals surface area (Å²) in [4.78, 5) is 30.0. The topological polar surface area (TPSA) is 73.9 Å². The highest BCUT2D eigenvalue weighted by molar-refractivity contribution is 5.95. The van der Waals surface area contributed by atoms with Crippen LogP contribution in [-0.2, 0) is 9.53 Å². The lowest BCUT2D eigenvalue weighted by Crippen LogP contribution is -2.52. The highest BCUT2D eigenvalue weighted by Gasteiger charge is 2.35. The second kappa shape index (κ2) is 10.3. The maximum absolute atomic E-state index is 13.9. The van der Waals surface area contributed by atoms with E-state index in [0.717, 1.165) is 26.2 Å². The number of aryl methyl sites for hydroxylation is 2. The number of nitrogens with zero attached hydrogens (tertiary/aromatic N) is 2.